The molecule has 3 N–H and O–H groups in total. The number of alkyl carbamates (subject to hydrolysis) is 1. The van der Waals surface area contributed by atoms with Gasteiger partial charge in [-0.15, -0.1) is 0 Å². The highest BCUT2D eigenvalue weighted by Gasteiger charge is 2.30. The van der Waals surface area contributed by atoms with E-state index >= 15 is 0 Å². The number of amides is 2. The van der Waals surface area contributed by atoms with Crippen molar-refractivity contribution in [1.29, 1.82) is 0 Å². The first-order valence-electron chi connectivity index (χ1n) is 10.4. The normalized spacial score (nSPS) is 13.0. The molecule has 10 heteroatoms. The lowest BCUT2D eigenvalue weighted by Crippen LogP contribution is -2.48. The van der Waals surface area contributed by atoms with Gasteiger partial charge < -0.3 is 25.0 Å². The number of benzene rings is 2. The Morgan fingerprint density at radius 1 is 1.06 bits per heavy atom. The van der Waals surface area contributed by atoms with Crippen LogP contribution in [0.25, 0.3) is 11.1 Å². The highest BCUT2D eigenvalue weighted by atomic mass is 16.5. The van der Waals surface area contributed by atoms with E-state index in [4.69, 9.17) is 14.4 Å². The molecule has 0 bridgehead atoms. The van der Waals surface area contributed by atoms with E-state index in [1.807, 2.05) is 48.5 Å². The Labute approximate surface area is 189 Å². The van der Waals surface area contributed by atoms with Crippen molar-refractivity contribution < 1.29 is 28.8 Å². The zero-order chi connectivity index (χ0) is 23.2. The molecule has 1 aromatic heterocycles. The summed E-state index contributed by atoms with van der Waals surface area (Å²) >= 11 is 0. The molecule has 2 aromatic carbocycles. The molecule has 1 aliphatic rings. The second kappa shape index (κ2) is 9.94. The highest BCUT2D eigenvalue weighted by Crippen LogP contribution is 2.44. The van der Waals surface area contributed by atoms with Gasteiger partial charge in [0.25, 0.3) is 0 Å². The van der Waals surface area contributed by atoms with Crippen molar-refractivity contribution in [2.45, 2.75) is 24.8 Å². The number of carboxylic acids is 1. The van der Waals surface area contributed by atoms with Gasteiger partial charge in [-0.25, -0.2) is 4.79 Å². The molecule has 4 rings (SSSR count). The van der Waals surface area contributed by atoms with Gasteiger partial charge in [0.1, 0.15) is 12.6 Å². The highest BCUT2D eigenvalue weighted by molar-refractivity contribution is 5.89. The second-order valence-corrected chi connectivity index (χ2v) is 7.50. The molecule has 0 saturated carbocycles. The van der Waals surface area contributed by atoms with Gasteiger partial charge in [-0.3, -0.25) is 9.59 Å². The SMILES string of the molecule is O=C(O)CC(NC(=O)OCC1c2ccccc2-c2ccccc21)C(=O)NCCc1ncno1. The number of fused-ring (bicyclic) bond motifs is 3. The molecule has 33 heavy (non-hydrogen) atoms. The first-order chi connectivity index (χ1) is 16.0. The number of carbonyl (C=O) groups is 3. The van der Waals surface area contributed by atoms with Crippen LogP contribution in [0.2, 0.25) is 0 Å². The van der Waals surface area contributed by atoms with Gasteiger partial charge in [0.2, 0.25) is 11.8 Å². The third kappa shape index (κ3) is 5.17. The zero-order valence-electron chi connectivity index (χ0n) is 17.6. The van der Waals surface area contributed by atoms with Crippen LogP contribution in [0.5, 0.6) is 0 Å². The van der Waals surface area contributed by atoms with Crippen LogP contribution < -0.4 is 10.6 Å². The van der Waals surface area contributed by atoms with Gasteiger partial charge >= 0.3 is 12.1 Å². The number of nitrogens with zero attached hydrogens (tertiary/aromatic N) is 2. The van der Waals surface area contributed by atoms with Crippen LogP contribution in [0.15, 0.2) is 59.4 Å². The van der Waals surface area contributed by atoms with E-state index in [1.54, 1.807) is 0 Å². The lowest BCUT2D eigenvalue weighted by atomic mass is 9.98. The molecule has 3 aromatic rings. The van der Waals surface area contributed by atoms with E-state index in [0.717, 1.165) is 22.3 Å². The van der Waals surface area contributed by atoms with Crippen molar-refractivity contribution in [2.24, 2.45) is 0 Å². The molecule has 1 unspecified atom stereocenters. The van der Waals surface area contributed by atoms with Crippen LogP contribution in [-0.2, 0) is 20.7 Å². The predicted molar refractivity (Wildman–Crippen MR) is 115 cm³/mol. The smallest absolute Gasteiger partial charge is 0.407 e. The molecule has 170 valence electrons. The number of hydrogen-bond acceptors (Lipinski definition) is 7. The van der Waals surface area contributed by atoms with E-state index in [-0.39, 0.29) is 25.5 Å². The van der Waals surface area contributed by atoms with Crippen LogP contribution in [-0.4, -0.2) is 52.4 Å². The predicted octanol–water partition coefficient (Wildman–Crippen LogP) is 2.11. The summed E-state index contributed by atoms with van der Waals surface area (Å²) in [5.74, 6) is -1.70. The minimum Gasteiger partial charge on any atom is -0.481 e. The van der Waals surface area contributed by atoms with Crippen molar-refractivity contribution in [3.63, 3.8) is 0 Å². The van der Waals surface area contributed by atoms with Gasteiger partial charge in [-0.05, 0) is 22.3 Å². The summed E-state index contributed by atoms with van der Waals surface area (Å²) in [6.45, 7) is 0.196. The monoisotopic (exact) mass is 450 g/mol. The number of aromatic nitrogens is 2. The van der Waals surface area contributed by atoms with E-state index in [2.05, 4.69) is 20.8 Å². The standard InChI is InChI=1S/C23H22N4O6/c28-21(29)11-19(22(30)24-10-9-20-25-13-26-33-20)27-23(31)32-12-18-16-7-3-1-5-14(16)15-6-2-4-8-17(15)18/h1-8,13,18-19H,9-12H2,(H,24,30)(H,27,31)(H,28,29). The first-order valence-corrected chi connectivity index (χ1v) is 10.4. The minimum atomic E-state index is -1.29. The van der Waals surface area contributed by atoms with Gasteiger partial charge in [-0.2, -0.15) is 4.98 Å². The Morgan fingerprint density at radius 2 is 1.73 bits per heavy atom. The fraction of sp³-hybridized carbons (Fsp3) is 0.261. The van der Waals surface area contributed by atoms with E-state index in [1.165, 1.54) is 6.33 Å². The molecule has 0 radical (unpaired) electrons. The second-order valence-electron chi connectivity index (χ2n) is 7.50. The molecule has 0 saturated heterocycles. The molecular formula is C23H22N4O6. The Morgan fingerprint density at radius 3 is 2.33 bits per heavy atom. The molecule has 0 aliphatic heterocycles. The molecule has 0 spiro atoms. The number of carbonyl (C=O) groups excluding carboxylic acids is 2. The fourth-order valence-corrected chi connectivity index (χ4v) is 3.89. The van der Waals surface area contributed by atoms with Crippen molar-refractivity contribution in [3.05, 3.63) is 71.9 Å². The maximum Gasteiger partial charge on any atom is 0.407 e. The Hall–Kier alpha value is -4.21. The number of ether oxygens (including phenoxy) is 1. The number of nitrogens with one attached hydrogen (secondary N) is 2. The fourth-order valence-electron chi connectivity index (χ4n) is 3.89. The Kier molecular flexibility index (Phi) is 6.63. The summed E-state index contributed by atoms with van der Waals surface area (Å²) in [6.07, 6.45) is 0.0611. The topological polar surface area (TPSA) is 144 Å². The van der Waals surface area contributed by atoms with Crippen molar-refractivity contribution >= 4 is 18.0 Å². The molecule has 1 atom stereocenters. The largest absolute Gasteiger partial charge is 0.481 e. The third-order valence-electron chi connectivity index (χ3n) is 5.38. The van der Waals surface area contributed by atoms with Gasteiger partial charge in [0.05, 0.1) is 6.42 Å². The van der Waals surface area contributed by atoms with E-state index in [9.17, 15) is 14.4 Å². The maximum absolute atomic E-state index is 12.4. The average molecular weight is 450 g/mol. The van der Waals surface area contributed by atoms with Crippen molar-refractivity contribution in [3.8, 4) is 11.1 Å². The van der Waals surface area contributed by atoms with Gasteiger partial charge in [0, 0.05) is 18.9 Å². The van der Waals surface area contributed by atoms with Gasteiger partial charge in [0.15, 0.2) is 6.33 Å². The minimum absolute atomic E-state index is 0.0540. The molecule has 1 heterocycles. The van der Waals surface area contributed by atoms with E-state index < -0.39 is 30.4 Å². The van der Waals surface area contributed by atoms with Crippen LogP contribution in [0.4, 0.5) is 4.79 Å². The Bertz CT molecular complexity index is 1100. The summed E-state index contributed by atoms with van der Waals surface area (Å²) in [6, 6.07) is 14.5. The summed E-state index contributed by atoms with van der Waals surface area (Å²) in [5, 5.41) is 17.5. The molecule has 1 aliphatic carbocycles. The number of aliphatic carboxylic acids is 1. The Balaban J connectivity index is 1.35. The quantitative estimate of drug-likeness (QED) is 0.450. The zero-order valence-corrected chi connectivity index (χ0v) is 17.6. The van der Waals surface area contributed by atoms with Gasteiger partial charge in [-0.1, -0.05) is 53.7 Å². The molecule has 10 nitrogen and oxygen atoms in total. The lowest BCUT2D eigenvalue weighted by Gasteiger charge is -2.18. The summed E-state index contributed by atoms with van der Waals surface area (Å²) < 4.78 is 10.2. The maximum atomic E-state index is 12.4. The van der Waals surface area contributed by atoms with E-state index in [0.29, 0.717) is 5.89 Å². The van der Waals surface area contributed by atoms with Crippen molar-refractivity contribution in [2.75, 3.05) is 13.2 Å². The van der Waals surface area contributed by atoms with Crippen LogP contribution in [0.3, 0.4) is 0 Å². The van der Waals surface area contributed by atoms with Crippen molar-refractivity contribution in [1.82, 2.24) is 20.8 Å². The van der Waals surface area contributed by atoms with Crippen LogP contribution in [0, 0.1) is 0 Å². The summed E-state index contributed by atoms with van der Waals surface area (Å²) in [5.41, 5.74) is 4.28. The number of rotatable bonds is 9. The molecule has 2 amide bonds. The third-order valence-corrected chi connectivity index (χ3v) is 5.38. The summed E-state index contributed by atoms with van der Waals surface area (Å²) in [4.78, 5) is 39.9. The van der Waals surface area contributed by atoms with Crippen LogP contribution in [0.1, 0.15) is 29.4 Å². The number of carboxylic acid groups (broad SMARTS) is 1. The number of hydrogen-bond donors (Lipinski definition) is 3. The average Bonchev–Trinajstić information content (AvgIpc) is 3.43. The van der Waals surface area contributed by atoms with Crippen LogP contribution >= 0.6 is 0 Å². The molecular weight excluding hydrogens is 428 g/mol. The summed E-state index contributed by atoms with van der Waals surface area (Å²) in [7, 11) is 0. The lowest BCUT2D eigenvalue weighted by molar-refractivity contribution is -0.139. The molecule has 0 fully saturated rings. The first kappa shape index (κ1) is 22.0.